The number of carbonyl (C=O) groups excluding carboxylic acids is 2. The molecule has 0 spiro atoms. The summed E-state index contributed by atoms with van der Waals surface area (Å²) in [5.41, 5.74) is 3.96. The number of aromatic nitrogens is 3. The number of aryl methyl sites for hydroxylation is 1. The van der Waals surface area contributed by atoms with Gasteiger partial charge in [-0.05, 0) is 24.6 Å². The summed E-state index contributed by atoms with van der Waals surface area (Å²) in [5.74, 6) is -1.29. The highest BCUT2D eigenvalue weighted by atomic mass is 16.2. The van der Waals surface area contributed by atoms with Crippen molar-refractivity contribution in [2.24, 2.45) is 0 Å². The minimum Gasteiger partial charge on any atom is -0.318 e. The molecule has 0 aliphatic heterocycles. The quantitative estimate of drug-likeness (QED) is 0.437. The molecule has 0 bridgehead atoms. The standard InChI is InChI=1S/C22H16N4O2/c1-14-6-2-3-7-17(14)21(27)22(28)25-16-10-15(11-23-12-16)19-13-24-26-20-9-5-4-8-18(19)20/h2-13H,1H3,(H,25,28). The maximum Gasteiger partial charge on any atom is 0.296 e. The first-order valence-electron chi connectivity index (χ1n) is 8.70. The van der Waals surface area contributed by atoms with E-state index in [9.17, 15) is 9.59 Å². The molecule has 0 aliphatic carbocycles. The zero-order valence-electron chi connectivity index (χ0n) is 15.1. The van der Waals surface area contributed by atoms with Gasteiger partial charge in [0.15, 0.2) is 0 Å². The van der Waals surface area contributed by atoms with Crippen LogP contribution in [0.3, 0.4) is 0 Å². The predicted octanol–water partition coefficient (Wildman–Crippen LogP) is 3.82. The molecule has 6 nitrogen and oxygen atoms in total. The fraction of sp³-hybridized carbons (Fsp3) is 0.0455. The fourth-order valence-corrected chi connectivity index (χ4v) is 3.03. The molecule has 0 atom stereocenters. The van der Waals surface area contributed by atoms with E-state index in [2.05, 4.69) is 20.5 Å². The Kier molecular flexibility index (Phi) is 4.60. The molecule has 0 fully saturated rings. The number of pyridine rings is 1. The maximum atomic E-state index is 12.4. The highest BCUT2D eigenvalue weighted by Gasteiger charge is 2.18. The van der Waals surface area contributed by atoms with Crippen molar-refractivity contribution in [3.8, 4) is 11.1 Å². The lowest BCUT2D eigenvalue weighted by atomic mass is 10.0. The number of nitrogens with one attached hydrogen (secondary N) is 1. The Morgan fingerprint density at radius 2 is 1.71 bits per heavy atom. The van der Waals surface area contributed by atoms with Crippen LogP contribution in [0.2, 0.25) is 0 Å². The molecule has 1 amide bonds. The Hall–Kier alpha value is -3.93. The molecule has 2 aromatic heterocycles. The van der Waals surface area contributed by atoms with Crippen molar-refractivity contribution >= 4 is 28.3 Å². The number of hydrogen-bond donors (Lipinski definition) is 1. The number of ketones is 1. The van der Waals surface area contributed by atoms with Crippen molar-refractivity contribution in [2.45, 2.75) is 6.92 Å². The van der Waals surface area contributed by atoms with E-state index in [4.69, 9.17) is 0 Å². The van der Waals surface area contributed by atoms with Crippen molar-refractivity contribution in [3.05, 3.63) is 84.3 Å². The number of amides is 1. The highest BCUT2D eigenvalue weighted by molar-refractivity contribution is 6.46. The van der Waals surface area contributed by atoms with Gasteiger partial charge in [0.2, 0.25) is 0 Å². The molecule has 2 heterocycles. The Morgan fingerprint density at radius 3 is 2.57 bits per heavy atom. The van der Waals surface area contributed by atoms with Gasteiger partial charge in [0.05, 0.1) is 23.6 Å². The molecule has 0 saturated carbocycles. The van der Waals surface area contributed by atoms with Crippen molar-refractivity contribution < 1.29 is 9.59 Å². The molecule has 4 rings (SSSR count). The molecule has 0 aliphatic rings. The van der Waals surface area contributed by atoms with Crippen LogP contribution in [0.25, 0.3) is 22.0 Å². The fourth-order valence-electron chi connectivity index (χ4n) is 3.03. The summed E-state index contributed by atoms with van der Waals surface area (Å²) in [6.07, 6.45) is 4.84. The van der Waals surface area contributed by atoms with E-state index in [-0.39, 0.29) is 0 Å². The average Bonchev–Trinajstić information content (AvgIpc) is 2.73. The lowest BCUT2D eigenvalue weighted by Crippen LogP contribution is -2.23. The number of hydrogen-bond acceptors (Lipinski definition) is 5. The van der Waals surface area contributed by atoms with Gasteiger partial charge in [-0.15, -0.1) is 0 Å². The third kappa shape index (κ3) is 3.35. The van der Waals surface area contributed by atoms with Gasteiger partial charge >= 0.3 is 0 Å². The highest BCUT2D eigenvalue weighted by Crippen LogP contribution is 2.27. The Balaban J connectivity index is 1.63. The molecular formula is C22H16N4O2. The third-order valence-corrected chi connectivity index (χ3v) is 4.45. The smallest absolute Gasteiger partial charge is 0.296 e. The molecule has 0 radical (unpaired) electrons. The van der Waals surface area contributed by atoms with E-state index in [1.807, 2.05) is 30.3 Å². The number of anilines is 1. The minimum absolute atomic E-state index is 0.383. The largest absolute Gasteiger partial charge is 0.318 e. The summed E-state index contributed by atoms with van der Waals surface area (Å²) in [4.78, 5) is 29.1. The van der Waals surface area contributed by atoms with E-state index in [1.54, 1.807) is 43.6 Å². The second-order valence-electron chi connectivity index (χ2n) is 6.34. The van der Waals surface area contributed by atoms with Crippen LogP contribution in [0.5, 0.6) is 0 Å². The van der Waals surface area contributed by atoms with Gasteiger partial charge < -0.3 is 5.32 Å². The second-order valence-corrected chi connectivity index (χ2v) is 6.34. The summed E-state index contributed by atoms with van der Waals surface area (Å²) >= 11 is 0. The molecule has 0 unspecified atom stereocenters. The average molecular weight is 368 g/mol. The molecule has 28 heavy (non-hydrogen) atoms. The SMILES string of the molecule is Cc1ccccc1C(=O)C(=O)Nc1cncc(-c2cnnc3ccccc23)c1. The van der Waals surface area contributed by atoms with E-state index in [0.29, 0.717) is 11.3 Å². The van der Waals surface area contributed by atoms with E-state index in [1.165, 1.54) is 6.20 Å². The van der Waals surface area contributed by atoms with Gasteiger partial charge in [-0.3, -0.25) is 14.6 Å². The van der Waals surface area contributed by atoms with Gasteiger partial charge in [-0.25, -0.2) is 0 Å². The lowest BCUT2D eigenvalue weighted by Gasteiger charge is -2.09. The first-order valence-corrected chi connectivity index (χ1v) is 8.70. The van der Waals surface area contributed by atoms with Gasteiger partial charge in [0.1, 0.15) is 0 Å². The van der Waals surface area contributed by atoms with Crippen LogP contribution in [-0.4, -0.2) is 26.9 Å². The number of nitrogens with zero attached hydrogens (tertiary/aromatic N) is 3. The van der Waals surface area contributed by atoms with Gasteiger partial charge in [-0.1, -0.05) is 42.5 Å². The summed E-state index contributed by atoms with van der Waals surface area (Å²) < 4.78 is 0. The Morgan fingerprint density at radius 1 is 0.929 bits per heavy atom. The van der Waals surface area contributed by atoms with Crippen LogP contribution in [0.1, 0.15) is 15.9 Å². The lowest BCUT2D eigenvalue weighted by molar-refractivity contribution is -0.112. The second kappa shape index (κ2) is 7.36. The summed E-state index contributed by atoms with van der Waals surface area (Å²) in [5, 5.41) is 11.7. The topological polar surface area (TPSA) is 84.8 Å². The number of benzene rings is 2. The van der Waals surface area contributed by atoms with Crippen LogP contribution in [-0.2, 0) is 4.79 Å². The summed E-state index contributed by atoms with van der Waals surface area (Å²) in [6, 6.07) is 16.4. The number of fused-ring (bicyclic) bond motifs is 1. The van der Waals surface area contributed by atoms with Gasteiger partial charge in [0.25, 0.3) is 11.7 Å². The normalized spacial score (nSPS) is 10.6. The molecule has 136 valence electrons. The van der Waals surface area contributed by atoms with Gasteiger partial charge in [0, 0.05) is 28.3 Å². The van der Waals surface area contributed by atoms with Crippen LogP contribution in [0, 0.1) is 6.92 Å². The summed E-state index contributed by atoms with van der Waals surface area (Å²) in [6.45, 7) is 1.80. The monoisotopic (exact) mass is 368 g/mol. The van der Waals surface area contributed by atoms with Crippen LogP contribution in [0.15, 0.2) is 73.2 Å². The van der Waals surface area contributed by atoms with E-state index >= 15 is 0 Å². The first-order chi connectivity index (χ1) is 13.6. The molecule has 0 saturated heterocycles. The maximum absolute atomic E-state index is 12.4. The van der Waals surface area contributed by atoms with Crippen molar-refractivity contribution in [2.75, 3.05) is 5.32 Å². The van der Waals surface area contributed by atoms with Crippen molar-refractivity contribution in [1.82, 2.24) is 15.2 Å². The van der Waals surface area contributed by atoms with Crippen molar-refractivity contribution in [3.63, 3.8) is 0 Å². The zero-order chi connectivity index (χ0) is 19.5. The third-order valence-electron chi connectivity index (χ3n) is 4.45. The number of rotatable bonds is 4. The first kappa shape index (κ1) is 17.5. The van der Waals surface area contributed by atoms with Crippen molar-refractivity contribution in [1.29, 1.82) is 0 Å². The number of carbonyl (C=O) groups is 2. The molecule has 1 N–H and O–H groups in total. The molecular weight excluding hydrogens is 352 g/mol. The Bertz CT molecular complexity index is 1200. The van der Waals surface area contributed by atoms with Crippen LogP contribution >= 0.6 is 0 Å². The predicted molar refractivity (Wildman–Crippen MR) is 107 cm³/mol. The minimum atomic E-state index is -0.703. The van der Waals surface area contributed by atoms with E-state index < -0.39 is 11.7 Å². The zero-order valence-corrected chi connectivity index (χ0v) is 15.1. The van der Waals surface area contributed by atoms with Crippen LogP contribution in [0.4, 0.5) is 5.69 Å². The Labute approximate surface area is 161 Å². The summed E-state index contributed by atoms with van der Waals surface area (Å²) in [7, 11) is 0. The molecule has 4 aromatic rings. The molecule has 6 heteroatoms. The van der Waals surface area contributed by atoms with E-state index in [0.717, 1.165) is 27.6 Å². The van der Waals surface area contributed by atoms with Crippen LogP contribution < -0.4 is 5.32 Å². The van der Waals surface area contributed by atoms with Gasteiger partial charge in [-0.2, -0.15) is 10.2 Å². The molecule has 2 aromatic carbocycles. The number of Topliss-reactive ketones (excluding diaryl/α,β-unsaturated/α-hetero) is 1.